The number of ether oxygens (including phenoxy) is 1. The van der Waals surface area contributed by atoms with Crippen molar-refractivity contribution in [3.63, 3.8) is 0 Å². The maximum absolute atomic E-state index is 6.05. The summed E-state index contributed by atoms with van der Waals surface area (Å²) in [5.74, 6) is 0.782. The number of rotatable bonds is 5. The van der Waals surface area contributed by atoms with Crippen LogP contribution in [-0.2, 0) is 18.0 Å². The molecule has 0 amide bonds. The van der Waals surface area contributed by atoms with Crippen LogP contribution in [0.2, 0.25) is 5.02 Å². The minimum absolute atomic E-state index is 0.535. The topological polar surface area (TPSA) is 40.2 Å². The summed E-state index contributed by atoms with van der Waals surface area (Å²) in [5.41, 5.74) is 8.00. The van der Waals surface area contributed by atoms with Crippen LogP contribution < -0.4 is 5.73 Å². The molecule has 0 radical (unpaired) electrons. The molecule has 1 aromatic carbocycles. The van der Waals surface area contributed by atoms with Crippen LogP contribution in [0.15, 0.2) is 24.4 Å². The van der Waals surface area contributed by atoms with Gasteiger partial charge in [0.1, 0.15) is 6.73 Å². The number of hydrogen-bond donors (Lipinski definition) is 1. The standard InChI is InChI=1S/C14H17ClN2O/c15-12-3-4-13-11(6-16)7-17(14(13)5-12)9-18-8-10-1-2-10/h3-5,7,10H,1-2,6,8-9,16H2. The molecule has 1 aliphatic rings. The van der Waals surface area contributed by atoms with E-state index >= 15 is 0 Å². The van der Waals surface area contributed by atoms with Gasteiger partial charge in [-0.15, -0.1) is 0 Å². The number of nitrogens with zero attached hydrogens (tertiary/aromatic N) is 1. The zero-order chi connectivity index (χ0) is 12.5. The van der Waals surface area contributed by atoms with Gasteiger partial charge in [0, 0.05) is 23.2 Å². The van der Waals surface area contributed by atoms with Crippen LogP contribution >= 0.6 is 11.6 Å². The van der Waals surface area contributed by atoms with Crippen molar-refractivity contribution in [1.29, 1.82) is 0 Å². The lowest BCUT2D eigenvalue weighted by atomic mass is 10.2. The highest BCUT2D eigenvalue weighted by molar-refractivity contribution is 6.31. The molecule has 1 saturated carbocycles. The van der Waals surface area contributed by atoms with E-state index < -0.39 is 0 Å². The van der Waals surface area contributed by atoms with Gasteiger partial charge < -0.3 is 15.0 Å². The summed E-state index contributed by atoms with van der Waals surface area (Å²) < 4.78 is 7.82. The maximum atomic E-state index is 6.05. The van der Waals surface area contributed by atoms with E-state index in [-0.39, 0.29) is 0 Å². The van der Waals surface area contributed by atoms with Gasteiger partial charge in [0.15, 0.2) is 0 Å². The Morgan fingerprint density at radius 2 is 2.22 bits per heavy atom. The third-order valence-corrected chi connectivity index (χ3v) is 3.66. The second kappa shape index (κ2) is 4.92. The molecular weight excluding hydrogens is 248 g/mol. The van der Waals surface area contributed by atoms with Crippen molar-refractivity contribution in [2.24, 2.45) is 11.7 Å². The van der Waals surface area contributed by atoms with E-state index in [1.807, 2.05) is 18.2 Å². The molecule has 3 rings (SSSR count). The Labute approximate surface area is 111 Å². The van der Waals surface area contributed by atoms with Gasteiger partial charge >= 0.3 is 0 Å². The molecule has 1 aliphatic carbocycles. The largest absolute Gasteiger partial charge is 0.360 e. The first kappa shape index (κ1) is 12.0. The summed E-state index contributed by atoms with van der Waals surface area (Å²) in [7, 11) is 0. The van der Waals surface area contributed by atoms with Gasteiger partial charge in [-0.05, 0) is 36.5 Å². The Kier molecular flexibility index (Phi) is 3.29. The quantitative estimate of drug-likeness (QED) is 0.901. The third kappa shape index (κ3) is 2.39. The molecule has 18 heavy (non-hydrogen) atoms. The zero-order valence-electron chi connectivity index (χ0n) is 10.2. The highest BCUT2D eigenvalue weighted by Gasteiger charge is 2.21. The Bertz CT molecular complexity index is 560. The number of benzene rings is 1. The fourth-order valence-corrected chi connectivity index (χ4v) is 2.38. The van der Waals surface area contributed by atoms with Crippen LogP contribution in [0.3, 0.4) is 0 Å². The summed E-state index contributed by atoms with van der Waals surface area (Å²) in [6.07, 6.45) is 4.69. The van der Waals surface area contributed by atoms with E-state index in [0.717, 1.165) is 34.0 Å². The second-order valence-corrected chi connectivity index (χ2v) is 5.37. The van der Waals surface area contributed by atoms with E-state index in [1.165, 1.54) is 12.8 Å². The van der Waals surface area contributed by atoms with Crippen LogP contribution in [0.4, 0.5) is 0 Å². The minimum Gasteiger partial charge on any atom is -0.360 e. The zero-order valence-corrected chi connectivity index (χ0v) is 11.0. The average Bonchev–Trinajstić information content (AvgIpc) is 3.12. The van der Waals surface area contributed by atoms with Gasteiger partial charge in [-0.1, -0.05) is 17.7 Å². The summed E-state index contributed by atoms with van der Waals surface area (Å²) in [6.45, 7) is 1.97. The normalized spacial score (nSPS) is 15.4. The molecule has 0 saturated heterocycles. The van der Waals surface area contributed by atoms with Gasteiger partial charge in [0.05, 0.1) is 12.1 Å². The molecule has 96 valence electrons. The number of hydrogen-bond acceptors (Lipinski definition) is 2. The number of nitrogens with two attached hydrogens (primary N) is 1. The molecule has 1 aromatic heterocycles. The highest BCUT2D eigenvalue weighted by Crippen LogP contribution is 2.29. The molecular formula is C14H17ClN2O. The molecule has 2 N–H and O–H groups in total. The maximum Gasteiger partial charge on any atom is 0.122 e. The van der Waals surface area contributed by atoms with Gasteiger partial charge in [0.2, 0.25) is 0 Å². The fraction of sp³-hybridized carbons (Fsp3) is 0.429. The predicted octanol–water partition coefficient (Wildman–Crippen LogP) is 3.14. The molecule has 0 atom stereocenters. The lowest BCUT2D eigenvalue weighted by molar-refractivity contribution is 0.0717. The Morgan fingerprint density at radius 1 is 1.39 bits per heavy atom. The molecule has 0 bridgehead atoms. The van der Waals surface area contributed by atoms with Crippen molar-refractivity contribution in [3.05, 3.63) is 35.0 Å². The van der Waals surface area contributed by atoms with Gasteiger partial charge in [-0.25, -0.2) is 0 Å². The Hall–Kier alpha value is -1.03. The summed E-state index contributed by atoms with van der Waals surface area (Å²) in [4.78, 5) is 0. The molecule has 3 nitrogen and oxygen atoms in total. The number of aromatic nitrogens is 1. The van der Waals surface area contributed by atoms with E-state index in [1.54, 1.807) is 0 Å². The molecule has 1 heterocycles. The van der Waals surface area contributed by atoms with Crippen molar-refractivity contribution in [1.82, 2.24) is 4.57 Å². The molecule has 0 spiro atoms. The summed E-state index contributed by atoms with van der Waals surface area (Å²) in [5, 5.41) is 1.91. The predicted molar refractivity (Wildman–Crippen MR) is 73.5 cm³/mol. The van der Waals surface area contributed by atoms with Gasteiger partial charge in [-0.2, -0.15) is 0 Å². The molecule has 4 heteroatoms. The first-order valence-corrected chi connectivity index (χ1v) is 6.71. The molecule has 2 aromatic rings. The van der Waals surface area contributed by atoms with Crippen molar-refractivity contribution < 1.29 is 4.74 Å². The monoisotopic (exact) mass is 264 g/mol. The SMILES string of the molecule is NCc1cn(COCC2CC2)c2cc(Cl)ccc12. The van der Waals surface area contributed by atoms with Crippen molar-refractivity contribution in [2.45, 2.75) is 26.1 Å². The van der Waals surface area contributed by atoms with Crippen LogP contribution in [0.1, 0.15) is 18.4 Å². The van der Waals surface area contributed by atoms with E-state index in [9.17, 15) is 0 Å². The lowest BCUT2D eigenvalue weighted by Gasteiger charge is -2.06. The lowest BCUT2D eigenvalue weighted by Crippen LogP contribution is -2.03. The van der Waals surface area contributed by atoms with Crippen LogP contribution in [0.25, 0.3) is 10.9 Å². The number of halogens is 1. The molecule has 0 unspecified atom stereocenters. The van der Waals surface area contributed by atoms with Crippen LogP contribution in [0, 0.1) is 5.92 Å². The van der Waals surface area contributed by atoms with E-state index in [4.69, 9.17) is 22.1 Å². The van der Waals surface area contributed by atoms with E-state index in [2.05, 4.69) is 10.8 Å². The summed E-state index contributed by atoms with van der Waals surface area (Å²) in [6, 6.07) is 5.90. The minimum atomic E-state index is 0.535. The number of fused-ring (bicyclic) bond motifs is 1. The van der Waals surface area contributed by atoms with Gasteiger partial charge in [0.25, 0.3) is 0 Å². The first-order chi connectivity index (χ1) is 8.78. The van der Waals surface area contributed by atoms with Gasteiger partial charge in [-0.3, -0.25) is 0 Å². The van der Waals surface area contributed by atoms with Crippen molar-refractivity contribution in [3.8, 4) is 0 Å². The Balaban J connectivity index is 1.86. The third-order valence-electron chi connectivity index (χ3n) is 3.43. The Morgan fingerprint density at radius 3 is 2.94 bits per heavy atom. The van der Waals surface area contributed by atoms with Crippen LogP contribution in [-0.4, -0.2) is 11.2 Å². The second-order valence-electron chi connectivity index (χ2n) is 4.93. The molecule has 0 aliphatic heterocycles. The van der Waals surface area contributed by atoms with Crippen molar-refractivity contribution >= 4 is 22.5 Å². The van der Waals surface area contributed by atoms with Crippen molar-refractivity contribution in [2.75, 3.05) is 6.61 Å². The fourth-order valence-electron chi connectivity index (χ4n) is 2.21. The highest BCUT2D eigenvalue weighted by atomic mass is 35.5. The van der Waals surface area contributed by atoms with Crippen LogP contribution in [0.5, 0.6) is 0 Å². The first-order valence-electron chi connectivity index (χ1n) is 6.33. The molecule has 1 fully saturated rings. The summed E-state index contributed by atoms with van der Waals surface area (Å²) >= 11 is 6.05. The average molecular weight is 265 g/mol. The van der Waals surface area contributed by atoms with E-state index in [0.29, 0.717) is 13.3 Å². The smallest absolute Gasteiger partial charge is 0.122 e.